The monoisotopic (exact) mass is 220 g/mol. The quantitative estimate of drug-likeness (QED) is 0.339. The van der Waals surface area contributed by atoms with E-state index in [0.717, 1.165) is 12.8 Å². The van der Waals surface area contributed by atoms with Gasteiger partial charge < -0.3 is 14.9 Å². The molecule has 7 heteroatoms. The molecular weight excluding hydrogens is 204 g/mol. The van der Waals surface area contributed by atoms with E-state index in [1.807, 2.05) is 6.92 Å². The van der Waals surface area contributed by atoms with Crippen LogP contribution >= 0.6 is 0 Å². The van der Waals surface area contributed by atoms with E-state index in [1.54, 1.807) is 0 Å². The summed E-state index contributed by atoms with van der Waals surface area (Å²) in [7, 11) is 0. The van der Waals surface area contributed by atoms with Crippen molar-refractivity contribution in [1.29, 1.82) is 0 Å². The maximum absolute atomic E-state index is 11.0. The highest BCUT2D eigenvalue weighted by Crippen LogP contribution is 1.83. The van der Waals surface area contributed by atoms with Crippen LogP contribution in [0.25, 0.3) is 0 Å². The van der Waals surface area contributed by atoms with Crippen LogP contribution < -0.4 is 5.32 Å². The lowest BCUT2D eigenvalue weighted by molar-refractivity contribution is -0.758. The van der Waals surface area contributed by atoms with Gasteiger partial charge in [0.25, 0.3) is 5.09 Å². The van der Waals surface area contributed by atoms with Crippen LogP contribution in [0.4, 0.5) is 0 Å². The molecule has 0 spiro atoms. The topological polar surface area (TPSA) is 90.7 Å². The smallest absolute Gasteiger partial charge is 0.294 e. The van der Waals surface area contributed by atoms with Crippen LogP contribution in [0.15, 0.2) is 0 Å². The largest absolute Gasteiger partial charge is 0.370 e. The predicted molar refractivity (Wildman–Crippen MR) is 51.7 cm³/mol. The number of amides is 1. The number of carbonyl (C=O) groups is 1. The molecule has 0 unspecified atom stereocenters. The van der Waals surface area contributed by atoms with Crippen LogP contribution in [0, 0.1) is 10.1 Å². The molecule has 0 rings (SSSR count). The van der Waals surface area contributed by atoms with Crippen molar-refractivity contribution in [1.82, 2.24) is 5.32 Å². The van der Waals surface area contributed by atoms with Crippen LogP contribution in [0.2, 0.25) is 0 Å². The Morgan fingerprint density at radius 3 is 2.80 bits per heavy atom. The van der Waals surface area contributed by atoms with E-state index < -0.39 is 5.09 Å². The standard InChI is InChI=1S/C8H16N2O5/c1-2-3-4-9-8(11)7-14-5-6-15-10(12)13/h2-7H2,1H3,(H,9,11). The number of ether oxygens (including phenoxy) is 1. The number of unbranched alkanes of at least 4 members (excludes halogenated alkanes) is 1. The highest BCUT2D eigenvalue weighted by Gasteiger charge is 2.00. The van der Waals surface area contributed by atoms with Gasteiger partial charge in [-0.1, -0.05) is 13.3 Å². The Labute approximate surface area is 87.8 Å². The molecule has 1 N–H and O–H groups in total. The number of nitrogens with zero attached hydrogens (tertiary/aromatic N) is 1. The summed E-state index contributed by atoms with van der Waals surface area (Å²) in [6.45, 7) is 2.43. The summed E-state index contributed by atoms with van der Waals surface area (Å²) in [5.74, 6) is -0.218. The lowest BCUT2D eigenvalue weighted by Gasteiger charge is -2.04. The number of hydrogen-bond donors (Lipinski definition) is 1. The lowest BCUT2D eigenvalue weighted by Crippen LogP contribution is -2.29. The first-order valence-electron chi connectivity index (χ1n) is 4.78. The van der Waals surface area contributed by atoms with Gasteiger partial charge in [0.15, 0.2) is 0 Å². The normalized spacial score (nSPS) is 9.67. The predicted octanol–water partition coefficient (Wildman–Crippen LogP) is 0.128. The minimum absolute atomic E-state index is 0.0299. The first-order chi connectivity index (χ1) is 7.16. The summed E-state index contributed by atoms with van der Waals surface area (Å²) in [5.41, 5.74) is 0. The zero-order chi connectivity index (χ0) is 11.5. The molecule has 0 atom stereocenters. The average molecular weight is 220 g/mol. The number of carbonyl (C=O) groups excluding carboxylic acids is 1. The van der Waals surface area contributed by atoms with E-state index in [0.29, 0.717) is 6.54 Å². The van der Waals surface area contributed by atoms with Gasteiger partial charge in [0.05, 0.1) is 6.61 Å². The molecule has 0 fully saturated rings. The first-order valence-corrected chi connectivity index (χ1v) is 4.78. The molecule has 0 aliphatic carbocycles. The zero-order valence-electron chi connectivity index (χ0n) is 8.73. The van der Waals surface area contributed by atoms with Gasteiger partial charge in [-0.05, 0) is 6.42 Å². The molecule has 0 aromatic rings. The van der Waals surface area contributed by atoms with Gasteiger partial charge >= 0.3 is 0 Å². The zero-order valence-corrected chi connectivity index (χ0v) is 8.73. The van der Waals surface area contributed by atoms with Crippen LogP contribution in [0.3, 0.4) is 0 Å². The third kappa shape index (κ3) is 10.6. The molecule has 0 aromatic heterocycles. The number of nitrogens with one attached hydrogen (secondary N) is 1. The SMILES string of the molecule is CCCCNC(=O)COCCO[N+](=O)[O-]. The van der Waals surface area contributed by atoms with E-state index in [2.05, 4.69) is 10.2 Å². The molecular formula is C8H16N2O5. The van der Waals surface area contributed by atoms with Gasteiger partial charge in [-0.2, -0.15) is 0 Å². The number of rotatable bonds is 9. The Morgan fingerprint density at radius 2 is 2.20 bits per heavy atom. The van der Waals surface area contributed by atoms with Crippen molar-refractivity contribution in [2.24, 2.45) is 0 Å². The van der Waals surface area contributed by atoms with Gasteiger partial charge in [0.1, 0.15) is 13.2 Å². The summed E-state index contributed by atoms with van der Waals surface area (Å²) >= 11 is 0. The van der Waals surface area contributed by atoms with Crippen molar-refractivity contribution in [3.63, 3.8) is 0 Å². The van der Waals surface area contributed by atoms with Crippen molar-refractivity contribution in [2.75, 3.05) is 26.4 Å². The molecule has 0 aliphatic heterocycles. The third-order valence-electron chi connectivity index (χ3n) is 1.51. The van der Waals surface area contributed by atoms with Gasteiger partial charge in [0, 0.05) is 6.54 Å². The fourth-order valence-corrected chi connectivity index (χ4v) is 0.791. The van der Waals surface area contributed by atoms with E-state index in [9.17, 15) is 14.9 Å². The molecule has 0 saturated heterocycles. The van der Waals surface area contributed by atoms with Crippen LogP contribution in [-0.4, -0.2) is 37.4 Å². The molecule has 88 valence electrons. The van der Waals surface area contributed by atoms with Gasteiger partial charge in [-0.3, -0.25) is 4.79 Å². The van der Waals surface area contributed by atoms with E-state index in [-0.39, 0.29) is 25.7 Å². The van der Waals surface area contributed by atoms with Crippen LogP contribution in [0.5, 0.6) is 0 Å². The van der Waals surface area contributed by atoms with Gasteiger partial charge in [-0.15, -0.1) is 10.1 Å². The average Bonchev–Trinajstić information content (AvgIpc) is 2.17. The maximum Gasteiger partial charge on any atom is 0.294 e. The maximum atomic E-state index is 11.0. The van der Waals surface area contributed by atoms with Crippen molar-refractivity contribution in [3.8, 4) is 0 Å². The Kier molecular flexibility index (Phi) is 8.36. The van der Waals surface area contributed by atoms with Crippen LogP contribution in [-0.2, 0) is 14.4 Å². The Balaban J connectivity index is 3.20. The van der Waals surface area contributed by atoms with Crippen molar-refractivity contribution >= 4 is 5.91 Å². The van der Waals surface area contributed by atoms with Gasteiger partial charge in [-0.25, -0.2) is 0 Å². The summed E-state index contributed by atoms with van der Waals surface area (Å²) in [5, 5.41) is 11.5. The van der Waals surface area contributed by atoms with Gasteiger partial charge in [0.2, 0.25) is 5.91 Å². The Hall–Kier alpha value is -1.37. The van der Waals surface area contributed by atoms with E-state index in [1.165, 1.54) is 0 Å². The second-order valence-electron chi connectivity index (χ2n) is 2.81. The van der Waals surface area contributed by atoms with Crippen molar-refractivity contribution < 1.29 is 19.5 Å². The molecule has 0 aromatic carbocycles. The summed E-state index contributed by atoms with van der Waals surface area (Å²) < 4.78 is 4.84. The minimum Gasteiger partial charge on any atom is -0.370 e. The van der Waals surface area contributed by atoms with E-state index >= 15 is 0 Å². The molecule has 15 heavy (non-hydrogen) atoms. The van der Waals surface area contributed by atoms with E-state index in [4.69, 9.17) is 4.74 Å². The second kappa shape index (κ2) is 9.20. The van der Waals surface area contributed by atoms with Crippen molar-refractivity contribution in [3.05, 3.63) is 10.1 Å². The third-order valence-corrected chi connectivity index (χ3v) is 1.51. The highest BCUT2D eigenvalue weighted by atomic mass is 17.0. The molecule has 0 bridgehead atoms. The molecule has 7 nitrogen and oxygen atoms in total. The summed E-state index contributed by atoms with van der Waals surface area (Å²) in [4.78, 5) is 24.7. The number of hydrogen-bond acceptors (Lipinski definition) is 5. The Morgan fingerprint density at radius 1 is 1.47 bits per heavy atom. The summed E-state index contributed by atoms with van der Waals surface area (Å²) in [6.07, 6.45) is 1.94. The van der Waals surface area contributed by atoms with Crippen LogP contribution in [0.1, 0.15) is 19.8 Å². The highest BCUT2D eigenvalue weighted by molar-refractivity contribution is 5.77. The lowest BCUT2D eigenvalue weighted by atomic mass is 10.3. The molecule has 0 radical (unpaired) electrons. The molecule has 0 aliphatic rings. The molecule has 1 amide bonds. The molecule has 0 heterocycles. The second-order valence-corrected chi connectivity index (χ2v) is 2.81. The fraction of sp³-hybridized carbons (Fsp3) is 0.875. The fourth-order valence-electron chi connectivity index (χ4n) is 0.791. The minimum atomic E-state index is -0.898. The molecule has 0 saturated carbocycles. The summed E-state index contributed by atoms with van der Waals surface area (Å²) in [6, 6.07) is 0. The van der Waals surface area contributed by atoms with Crippen molar-refractivity contribution in [2.45, 2.75) is 19.8 Å². The first kappa shape index (κ1) is 13.6. The Bertz CT molecular complexity index is 197.